The average molecular weight is 372 g/mol. The van der Waals surface area contributed by atoms with Crippen LogP contribution in [0.3, 0.4) is 0 Å². The first-order valence-electron chi connectivity index (χ1n) is 7.62. The number of carbonyl (C=O) groups excluding carboxylic acids is 1. The van der Waals surface area contributed by atoms with Crippen molar-refractivity contribution in [3.63, 3.8) is 0 Å². The van der Waals surface area contributed by atoms with Crippen LogP contribution in [0, 0.1) is 6.92 Å². The van der Waals surface area contributed by atoms with Gasteiger partial charge in [0.2, 0.25) is 0 Å². The van der Waals surface area contributed by atoms with Crippen LogP contribution in [-0.2, 0) is 11.0 Å². The first kappa shape index (κ1) is 19.1. The lowest BCUT2D eigenvalue weighted by Crippen LogP contribution is -2.33. The third-order valence-electron chi connectivity index (χ3n) is 3.56. The molecule has 1 amide bonds. The minimum absolute atomic E-state index is 0.293. The van der Waals surface area contributed by atoms with Gasteiger partial charge in [-0.2, -0.15) is 13.2 Å². The van der Waals surface area contributed by atoms with Gasteiger partial charge in [-0.3, -0.25) is 4.79 Å². The molecule has 3 nitrogen and oxygen atoms in total. The number of alkyl halides is 3. The second-order valence-corrected chi connectivity index (χ2v) is 5.87. The molecule has 0 unspecified atom stereocenters. The molecule has 0 saturated heterocycles. The van der Waals surface area contributed by atoms with Crippen molar-refractivity contribution in [1.82, 2.24) is 0 Å². The van der Waals surface area contributed by atoms with Gasteiger partial charge in [0.1, 0.15) is 5.75 Å². The Morgan fingerprint density at radius 1 is 1.24 bits per heavy atom. The van der Waals surface area contributed by atoms with Crippen LogP contribution in [0.4, 0.5) is 18.9 Å². The Morgan fingerprint density at radius 3 is 2.52 bits per heavy atom. The number of para-hydroxylation sites is 1. The van der Waals surface area contributed by atoms with E-state index in [1.54, 1.807) is 32.0 Å². The molecule has 0 aliphatic carbocycles. The Hall–Kier alpha value is -2.21. The zero-order valence-electron chi connectivity index (χ0n) is 13.7. The van der Waals surface area contributed by atoms with Gasteiger partial charge in [0.15, 0.2) is 6.10 Å². The van der Waals surface area contributed by atoms with Crippen LogP contribution in [0.1, 0.15) is 24.5 Å². The summed E-state index contributed by atoms with van der Waals surface area (Å²) < 4.78 is 44.7. The standard InChI is InChI=1S/C18H17ClF3NO2/c1-3-16(25-12-8-9-14(19)11(2)10-12)17(24)23-15-7-5-4-6-13(15)18(20,21)22/h4-10,16H,3H2,1-2H3,(H,23,24)/t16-/m1/s1. The summed E-state index contributed by atoms with van der Waals surface area (Å²) in [5, 5.41) is 2.86. The lowest BCUT2D eigenvalue weighted by molar-refractivity contribution is -0.137. The first-order valence-corrected chi connectivity index (χ1v) is 8.00. The topological polar surface area (TPSA) is 38.3 Å². The van der Waals surface area contributed by atoms with Gasteiger partial charge in [-0.1, -0.05) is 30.7 Å². The van der Waals surface area contributed by atoms with E-state index < -0.39 is 23.8 Å². The summed E-state index contributed by atoms with van der Waals surface area (Å²) in [7, 11) is 0. The molecule has 1 N–H and O–H groups in total. The maximum Gasteiger partial charge on any atom is 0.418 e. The third kappa shape index (κ3) is 4.89. The highest BCUT2D eigenvalue weighted by Gasteiger charge is 2.34. The number of rotatable bonds is 5. The molecule has 25 heavy (non-hydrogen) atoms. The number of benzene rings is 2. The van der Waals surface area contributed by atoms with Gasteiger partial charge in [-0.25, -0.2) is 0 Å². The van der Waals surface area contributed by atoms with Crippen LogP contribution < -0.4 is 10.1 Å². The number of carbonyl (C=O) groups is 1. The molecular formula is C18H17ClF3NO2. The van der Waals surface area contributed by atoms with E-state index in [9.17, 15) is 18.0 Å². The quantitative estimate of drug-likeness (QED) is 0.757. The molecule has 0 bridgehead atoms. The summed E-state index contributed by atoms with van der Waals surface area (Å²) in [6.45, 7) is 3.50. The van der Waals surface area contributed by atoms with Gasteiger partial charge in [0, 0.05) is 5.02 Å². The van der Waals surface area contributed by atoms with Gasteiger partial charge in [-0.15, -0.1) is 0 Å². The van der Waals surface area contributed by atoms with Crippen LogP contribution in [0.2, 0.25) is 5.02 Å². The fourth-order valence-corrected chi connectivity index (χ4v) is 2.35. The second-order valence-electron chi connectivity index (χ2n) is 5.46. The summed E-state index contributed by atoms with van der Waals surface area (Å²) in [4.78, 5) is 12.3. The molecule has 0 radical (unpaired) electrons. The van der Waals surface area contributed by atoms with Crippen LogP contribution >= 0.6 is 11.6 Å². The van der Waals surface area contributed by atoms with Crippen LogP contribution in [-0.4, -0.2) is 12.0 Å². The molecule has 0 aromatic heterocycles. The maximum absolute atomic E-state index is 13.0. The van der Waals surface area contributed by atoms with E-state index in [0.29, 0.717) is 17.2 Å². The largest absolute Gasteiger partial charge is 0.481 e. The molecule has 0 aliphatic heterocycles. The number of hydrogen-bond acceptors (Lipinski definition) is 2. The van der Waals surface area contributed by atoms with Gasteiger partial charge in [0.25, 0.3) is 5.91 Å². The molecule has 134 valence electrons. The number of nitrogens with one attached hydrogen (secondary N) is 1. The van der Waals surface area contributed by atoms with Crippen molar-refractivity contribution in [2.75, 3.05) is 5.32 Å². The van der Waals surface area contributed by atoms with Crippen molar-refractivity contribution < 1.29 is 22.7 Å². The van der Waals surface area contributed by atoms with Gasteiger partial charge < -0.3 is 10.1 Å². The fraction of sp³-hybridized carbons (Fsp3) is 0.278. The second kappa shape index (κ2) is 7.78. The zero-order chi connectivity index (χ0) is 18.6. The summed E-state index contributed by atoms with van der Waals surface area (Å²) >= 11 is 5.94. The van der Waals surface area contributed by atoms with E-state index in [1.807, 2.05) is 0 Å². The number of hydrogen-bond donors (Lipinski definition) is 1. The van der Waals surface area contributed by atoms with Crippen molar-refractivity contribution in [1.29, 1.82) is 0 Å². The highest BCUT2D eigenvalue weighted by Crippen LogP contribution is 2.34. The van der Waals surface area contributed by atoms with Crippen molar-refractivity contribution in [3.8, 4) is 5.75 Å². The number of halogens is 4. The van der Waals surface area contributed by atoms with Crippen molar-refractivity contribution in [3.05, 3.63) is 58.6 Å². The van der Waals surface area contributed by atoms with Gasteiger partial charge in [-0.05, 0) is 49.2 Å². The fourth-order valence-electron chi connectivity index (χ4n) is 2.23. The smallest absolute Gasteiger partial charge is 0.418 e. The van der Waals surface area contributed by atoms with E-state index in [1.165, 1.54) is 18.2 Å². The van der Waals surface area contributed by atoms with E-state index in [0.717, 1.165) is 11.6 Å². The lowest BCUT2D eigenvalue weighted by Gasteiger charge is -2.19. The monoisotopic (exact) mass is 371 g/mol. The number of ether oxygens (including phenoxy) is 1. The van der Waals surface area contributed by atoms with E-state index in [2.05, 4.69) is 5.32 Å². The highest BCUT2D eigenvalue weighted by atomic mass is 35.5. The van der Waals surface area contributed by atoms with Gasteiger partial charge in [0.05, 0.1) is 11.3 Å². The van der Waals surface area contributed by atoms with E-state index in [4.69, 9.17) is 16.3 Å². The third-order valence-corrected chi connectivity index (χ3v) is 3.99. The molecule has 0 aliphatic rings. The molecule has 0 heterocycles. The highest BCUT2D eigenvalue weighted by molar-refractivity contribution is 6.31. The predicted molar refractivity (Wildman–Crippen MR) is 91.0 cm³/mol. The van der Waals surface area contributed by atoms with E-state index in [-0.39, 0.29) is 5.69 Å². The lowest BCUT2D eigenvalue weighted by atomic mass is 10.1. The Balaban J connectivity index is 2.17. The Bertz CT molecular complexity index is 762. The summed E-state index contributed by atoms with van der Waals surface area (Å²) in [5.74, 6) is -0.222. The summed E-state index contributed by atoms with van der Waals surface area (Å²) in [6, 6.07) is 9.73. The first-order chi connectivity index (χ1) is 11.7. The average Bonchev–Trinajstić information content (AvgIpc) is 2.55. The number of amides is 1. The Morgan fingerprint density at radius 2 is 1.92 bits per heavy atom. The molecule has 7 heteroatoms. The van der Waals surface area contributed by atoms with Crippen LogP contribution in [0.25, 0.3) is 0 Å². The zero-order valence-corrected chi connectivity index (χ0v) is 14.4. The predicted octanol–water partition coefficient (Wildman–Crippen LogP) is 5.46. The molecule has 0 fully saturated rings. The molecule has 0 spiro atoms. The molecule has 2 aromatic rings. The number of anilines is 1. The molecule has 1 atom stereocenters. The Kier molecular flexibility index (Phi) is 5.95. The molecule has 0 saturated carbocycles. The number of aryl methyl sites for hydroxylation is 1. The maximum atomic E-state index is 13.0. The Labute approximate surface area is 148 Å². The van der Waals surface area contributed by atoms with Crippen molar-refractivity contribution in [2.45, 2.75) is 32.5 Å². The molecule has 2 rings (SSSR count). The SMILES string of the molecule is CC[C@@H](Oc1ccc(Cl)c(C)c1)C(=O)Nc1ccccc1C(F)(F)F. The molecule has 2 aromatic carbocycles. The van der Waals surface area contributed by atoms with Crippen molar-refractivity contribution >= 4 is 23.2 Å². The minimum atomic E-state index is -4.56. The van der Waals surface area contributed by atoms with Crippen molar-refractivity contribution in [2.24, 2.45) is 0 Å². The normalized spacial score (nSPS) is 12.6. The van der Waals surface area contributed by atoms with E-state index >= 15 is 0 Å². The van der Waals surface area contributed by atoms with Crippen LogP contribution in [0.15, 0.2) is 42.5 Å². The summed E-state index contributed by atoms with van der Waals surface area (Å²) in [5.41, 5.74) is -0.424. The van der Waals surface area contributed by atoms with Gasteiger partial charge >= 0.3 is 6.18 Å². The minimum Gasteiger partial charge on any atom is -0.481 e. The van der Waals surface area contributed by atoms with Crippen LogP contribution in [0.5, 0.6) is 5.75 Å². The molecular weight excluding hydrogens is 355 g/mol. The summed E-state index contributed by atoms with van der Waals surface area (Å²) in [6.07, 6.45) is -5.19.